The van der Waals surface area contributed by atoms with Gasteiger partial charge in [-0.05, 0) is 19.1 Å². The minimum atomic E-state index is -1.02. The highest BCUT2D eigenvalue weighted by Crippen LogP contribution is 2.20. The molecule has 0 saturated heterocycles. The van der Waals surface area contributed by atoms with Gasteiger partial charge < -0.3 is 9.72 Å². The minimum absolute atomic E-state index is 0.0252. The summed E-state index contributed by atoms with van der Waals surface area (Å²) in [7, 11) is 0. The van der Waals surface area contributed by atoms with Crippen molar-refractivity contribution in [3.8, 4) is 11.6 Å². The third kappa shape index (κ3) is 2.66. The van der Waals surface area contributed by atoms with Gasteiger partial charge in [-0.3, -0.25) is 4.79 Å². The van der Waals surface area contributed by atoms with Crippen LogP contribution in [-0.2, 0) is 0 Å². The van der Waals surface area contributed by atoms with Gasteiger partial charge in [-0.15, -0.1) is 0 Å². The lowest BCUT2D eigenvalue weighted by atomic mass is 10.3. The fourth-order valence-electron chi connectivity index (χ4n) is 1.27. The molecule has 17 heavy (non-hydrogen) atoms. The normalized spacial score (nSPS) is 10.3. The number of nitrogens with one attached hydrogen (secondary N) is 1. The molecule has 0 radical (unpaired) electrons. The Morgan fingerprint density at radius 3 is 2.65 bits per heavy atom. The lowest BCUT2D eigenvalue weighted by Crippen LogP contribution is -2.08. The molecule has 2 aromatic rings. The van der Waals surface area contributed by atoms with Gasteiger partial charge in [0.2, 0.25) is 5.88 Å². The molecule has 0 amide bonds. The fourth-order valence-corrected chi connectivity index (χ4v) is 1.27. The van der Waals surface area contributed by atoms with E-state index in [9.17, 15) is 13.6 Å². The van der Waals surface area contributed by atoms with Gasteiger partial charge in [0.1, 0.15) is 11.6 Å². The van der Waals surface area contributed by atoms with Gasteiger partial charge in [0.15, 0.2) is 11.6 Å². The maximum absolute atomic E-state index is 12.9. The first-order valence-corrected chi connectivity index (χ1v) is 4.75. The van der Waals surface area contributed by atoms with Crippen LogP contribution in [0.2, 0.25) is 0 Å². The van der Waals surface area contributed by atoms with Crippen molar-refractivity contribution in [3.63, 3.8) is 0 Å². The number of halogens is 2. The molecule has 0 aliphatic carbocycles. The number of H-pyrrole nitrogens is 1. The van der Waals surface area contributed by atoms with Crippen molar-refractivity contribution in [2.24, 2.45) is 0 Å². The van der Waals surface area contributed by atoms with Crippen LogP contribution in [-0.4, -0.2) is 9.97 Å². The number of rotatable bonds is 2. The molecule has 0 saturated carbocycles. The summed E-state index contributed by atoms with van der Waals surface area (Å²) in [6.45, 7) is 1.58. The van der Waals surface area contributed by atoms with Gasteiger partial charge >= 0.3 is 0 Å². The van der Waals surface area contributed by atoms with E-state index in [1.54, 1.807) is 6.92 Å². The molecule has 0 atom stereocenters. The topological polar surface area (TPSA) is 55.0 Å². The highest BCUT2D eigenvalue weighted by molar-refractivity contribution is 5.27. The first-order chi connectivity index (χ1) is 8.04. The van der Waals surface area contributed by atoms with E-state index in [2.05, 4.69) is 9.97 Å². The molecule has 0 unspecified atom stereocenters. The van der Waals surface area contributed by atoms with Crippen molar-refractivity contribution in [3.05, 3.63) is 52.1 Å². The van der Waals surface area contributed by atoms with Crippen LogP contribution in [0.15, 0.2) is 29.1 Å². The Morgan fingerprint density at radius 1 is 1.24 bits per heavy atom. The highest BCUT2D eigenvalue weighted by atomic mass is 19.2. The van der Waals surface area contributed by atoms with Gasteiger partial charge in [0.25, 0.3) is 5.56 Å². The monoisotopic (exact) mass is 238 g/mol. The van der Waals surface area contributed by atoms with Crippen molar-refractivity contribution in [1.29, 1.82) is 0 Å². The lowest BCUT2D eigenvalue weighted by Gasteiger charge is -2.04. The number of benzene rings is 1. The van der Waals surface area contributed by atoms with E-state index < -0.39 is 11.6 Å². The maximum atomic E-state index is 12.9. The van der Waals surface area contributed by atoms with E-state index >= 15 is 0 Å². The van der Waals surface area contributed by atoms with E-state index in [0.29, 0.717) is 5.82 Å². The van der Waals surface area contributed by atoms with Crippen LogP contribution in [0.5, 0.6) is 11.6 Å². The summed E-state index contributed by atoms with van der Waals surface area (Å²) < 4.78 is 30.7. The fraction of sp³-hybridized carbons (Fsp3) is 0.0909. The van der Waals surface area contributed by atoms with Crippen LogP contribution >= 0.6 is 0 Å². The van der Waals surface area contributed by atoms with Gasteiger partial charge in [0.05, 0.1) is 6.07 Å². The SMILES string of the molecule is Cc1nc(Oc2ccc(F)c(F)c2)cc(=O)[nH]1. The Morgan fingerprint density at radius 2 is 2.00 bits per heavy atom. The third-order valence-electron chi connectivity index (χ3n) is 1.95. The predicted octanol–water partition coefficient (Wildman–Crippen LogP) is 2.15. The molecule has 2 rings (SSSR count). The van der Waals surface area contributed by atoms with Crippen molar-refractivity contribution >= 4 is 0 Å². The van der Waals surface area contributed by atoms with Crippen LogP contribution < -0.4 is 10.3 Å². The summed E-state index contributed by atoms with van der Waals surface area (Å²) >= 11 is 0. The average Bonchev–Trinajstić information content (AvgIpc) is 2.22. The Hall–Kier alpha value is -2.24. The molecule has 6 heteroatoms. The number of hydrogen-bond acceptors (Lipinski definition) is 3. The summed E-state index contributed by atoms with van der Waals surface area (Å²) in [5, 5.41) is 0. The van der Waals surface area contributed by atoms with Gasteiger partial charge in [-0.1, -0.05) is 0 Å². The van der Waals surface area contributed by atoms with Crippen molar-refractivity contribution in [1.82, 2.24) is 9.97 Å². The zero-order chi connectivity index (χ0) is 12.4. The summed E-state index contributed by atoms with van der Waals surface area (Å²) in [5.41, 5.74) is -0.380. The maximum Gasteiger partial charge on any atom is 0.254 e. The number of hydrogen-bond donors (Lipinski definition) is 1. The largest absolute Gasteiger partial charge is 0.439 e. The first-order valence-electron chi connectivity index (χ1n) is 4.75. The quantitative estimate of drug-likeness (QED) is 0.872. The molecule has 0 spiro atoms. The molecule has 1 aromatic heterocycles. The van der Waals surface area contributed by atoms with Crippen LogP contribution in [0.4, 0.5) is 8.78 Å². The second kappa shape index (κ2) is 4.32. The molecule has 88 valence electrons. The molecular weight excluding hydrogens is 230 g/mol. The van der Waals surface area contributed by atoms with Crippen molar-refractivity contribution < 1.29 is 13.5 Å². The first kappa shape index (κ1) is 11.3. The third-order valence-corrected chi connectivity index (χ3v) is 1.95. The van der Waals surface area contributed by atoms with Crippen LogP contribution in [0.1, 0.15) is 5.82 Å². The van der Waals surface area contributed by atoms with Crippen LogP contribution in [0, 0.1) is 18.6 Å². The van der Waals surface area contributed by atoms with Gasteiger partial charge in [-0.25, -0.2) is 13.8 Å². The van der Waals surface area contributed by atoms with Crippen molar-refractivity contribution in [2.45, 2.75) is 6.92 Å². The van der Waals surface area contributed by atoms with E-state index in [4.69, 9.17) is 4.74 Å². The standard InChI is InChI=1S/C11H8F2N2O2/c1-6-14-10(16)5-11(15-6)17-7-2-3-8(12)9(13)4-7/h2-5H,1H3,(H,14,15,16). The van der Waals surface area contributed by atoms with Crippen LogP contribution in [0.3, 0.4) is 0 Å². The zero-order valence-electron chi connectivity index (χ0n) is 8.83. The molecular formula is C11H8F2N2O2. The number of aromatic amines is 1. The Labute approximate surface area is 94.9 Å². The molecule has 0 aliphatic heterocycles. The molecule has 1 aromatic carbocycles. The minimum Gasteiger partial charge on any atom is -0.439 e. The number of aromatic nitrogens is 2. The molecule has 0 fully saturated rings. The number of ether oxygens (including phenoxy) is 1. The molecule has 0 aliphatic rings. The molecule has 4 nitrogen and oxygen atoms in total. The summed E-state index contributed by atoms with van der Waals surface area (Å²) in [6, 6.07) is 4.18. The lowest BCUT2D eigenvalue weighted by molar-refractivity contribution is 0.444. The zero-order valence-corrected chi connectivity index (χ0v) is 8.83. The number of aryl methyl sites for hydroxylation is 1. The van der Waals surface area contributed by atoms with E-state index in [-0.39, 0.29) is 17.2 Å². The Bertz CT molecular complexity index is 611. The second-order valence-corrected chi connectivity index (χ2v) is 3.35. The summed E-state index contributed by atoms with van der Waals surface area (Å²) in [5.74, 6) is -1.52. The van der Waals surface area contributed by atoms with E-state index in [0.717, 1.165) is 18.2 Å². The number of nitrogens with zero attached hydrogens (tertiary/aromatic N) is 1. The summed E-state index contributed by atoms with van der Waals surface area (Å²) in [6.07, 6.45) is 0. The summed E-state index contributed by atoms with van der Waals surface area (Å²) in [4.78, 5) is 17.4. The molecule has 0 bridgehead atoms. The highest BCUT2D eigenvalue weighted by Gasteiger charge is 2.05. The Balaban J connectivity index is 2.31. The predicted molar refractivity (Wildman–Crippen MR) is 56.0 cm³/mol. The molecule has 1 N–H and O–H groups in total. The second-order valence-electron chi connectivity index (χ2n) is 3.35. The van der Waals surface area contributed by atoms with Gasteiger partial charge in [-0.2, -0.15) is 0 Å². The van der Waals surface area contributed by atoms with E-state index in [1.807, 2.05) is 0 Å². The van der Waals surface area contributed by atoms with Gasteiger partial charge in [0, 0.05) is 6.07 Å². The van der Waals surface area contributed by atoms with Crippen molar-refractivity contribution in [2.75, 3.05) is 0 Å². The average molecular weight is 238 g/mol. The Kier molecular flexibility index (Phi) is 2.86. The smallest absolute Gasteiger partial charge is 0.254 e. The van der Waals surface area contributed by atoms with E-state index in [1.165, 1.54) is 6.07 Å². The molecule has 1 heterocycles. The van der Waals surface area contributed by atoms with Crippen LogP contribution in [0.25, 0.3) is 0 Å².